The summed E-state index contributed by atoms with van der Waals surface area (Å²) in [5.74, 6) is -0.250. The van der Waals surface area contributed by atoms with Crippen LogP contribution in [-0.4, -0.2) is 24.2 Å². The third-order valence-corrected chi connectivity index (χ3v) is 5.63. The molecule has 0 spiro atoms. The molecule has 0 fully saturated rings. The van der Waals surface area contributed by atoms with Crippen LogP contribution in [0.1, 0.15) is 16.0 Å². The molecule has 3 aromatic rings. The Kier molecular flexibility index (Phi) is 5.63. The quantitative estimate of drug-likeness (QED) is 0.631. The molecule has 0 saturated heterocycles. The van der Waals surface area contributed by atoms with E-state index in [1.165, 1.54) is 17.2 Å². The molecule has 1 aromatic carbocycles. The van der Waals surface area contributed by atoms with Crippen molar-refractivity contribution in [2.45, 2.75) is 20.4 Å². The van der Waals surface area contributed by atoms with Crippen LogP contribution in [-0.2, 0) is 16.1 Å². The Labute approximate surface area is 154 Å². The Morgan fingerprint density at radius 2 is 2.20 bits per heavy atom. The maximum Gasteiger partial charge on any atom is 0.272 e. The summed E-state index contributed by atoms with van der Waals surface area (Å²) >= 11 is 3.14. The summed E-state index contributed by atoms with van der Waals surface area (Å²) in [5.41, 5.74) is 3.52. The van der Waals surface area contributed by atoms with Gasteiger partial charge in [-0.05, 0) is 48.6 Å². The normalized spacial score (nSPS) is 12.5. The average Bonchev–Trinajstić information content (AvgIpc) is 3.18. The fourth-order valence-electron chi connectivity index (χ4n) is 2.74. The van der Waals surface area contributed by atoms with Crippen molar-refractivity contribution in [1.29, 1.82) is 0 Å². The third kappa shape index (κ3) is 4.15. The Morgan fingerprint density at radius 3 is 2.92 bits per heavy atom. The molecule has 0 aliphatic rings. The van der Waals surface area contributed by atoms with Gasteiger partial charge >= 0.3 is 0 Å². The third-order valence-electron chi connectivity index (χ3n) is 3.77. The Morgan fingerprint density at radius 1 is 1.36 bits per heavy atom. The molecule has 0 aliphatic heterocycles. The van der Waals surface area contributed by atoms with E-state index in [0.717, 1.165) is 15.1 Å². The number of aromatic nitrogens is 1. The second-order valence-corrected chi connectivity index (χ2v) is 7.74. The Balaban J connectivity index is 2.04. The zero-order chi connectivity index (χ0) is 17.8. The molecule has 0 atom stereocenters. The zero-order valence-electron chi connectivity index (χ0n) is 14.5. The van der Waals surface area contributed by atoms with Gasteiger partial charge in [-0.2, -0.15) is 4.99 Å². The number of thiophene rings is 1. The van der Waals surface area contributed by atoms with Crippen LogP contribution < -0.4 is 4.80 Å². The smallest absolute Gasteiger partial charge is 0.272 e. The molecule has 0 saturated carbocycles. The molecule has 0 unspecified atom stereocenters. The highest BCUT2D eigenvalue weighted by Crippen LogP contribution is 2.23. The number of thiazole rings is 1. The molecule has 2 heterocycles. The van der Waals surface area contributed by atoms with Gasteiger partial charge < -0.3 is 9.30 Å². The van der Waals surface area contributed by atoms with Crippen molar-refractivity contribution in [1.82, 2.24) is 4.57 Å². The van der Waals surface area contributed by atoms with Crippen LogP contribution in [0.4, 0.5) is 0 Å². The predicted octanol–water partition coefficient (Wildman–Crippen LogP) is 4.17. The fourth-order valence-corrected chi connectivity index (χ4v) is 4.59. The maximum absolute atomic E-state index is 12.3. The van der Waals surface area contributed by atoms with Gasteiger partial charge in [-0.15, -0.1) is 11.3 Å². The first-order valence-electron chi connectivity index (χ1n) is 7.98. The lowest BCUT2D eigenvalue weighted by Crippen LogP contribution is -2.19. The molecule has 0 bridgehead atoms. The SMILES string of the molecule is COCCn1c(=NC(=O)/C=C/c2cccs2)sc2cc(C)cc(C)c21. The minimum Gasteiger partial charge on any atom is -0.383 e. The van der Waals surface area contributed by atoms with E-state index in [4.69, 9.17) is 4.74 Å². The van der Waals surface area contributed by atoms with Gasteiger partial charge in [-0.1, -0.05) is 23.5 Å². The molecule has 3 rings (SSSR count). The van der Waals surface area contributed by atoms with Crippen LogP contribution in [0.5, 0.6) is 0 Å². The first-order chi connectivity index (χ1) is 12.1. The lowest BCUT2D eigenvalue weighted by molar-refractivity contribution is -0.113. The maximum atomic E-state index is 12.3. The average molecular weight is 373 g/mol. The second kappa shape index (κ2) is 7.91. The number of hydrogen-bond donors (Lipinski definition) is 0. The summed E-state index contributed by atoms with van der Waals surface area (Å²) in [6.07, 6.45) is 3.33. The highest BCUT2D eigenvalue weighted by molar-refractivity contribution is 7.16. The summed E-state index contributed by atoms with van der Waals surface area (Å²) in [5, 5.41) is 1.98. The van der Waals surface area contributed by atoms with E-state index < -0.39 is 0 Å². The molecular formula is C19H20N2O2S2. The number of methoxy groups -OCH3 is 1. The van der Waals surface area contributed by atoms with Gasteiger partial charge in [-0.3, -0.25) is 4.79 Å². The molecule has 4 nitrogen and oxygen atoms in total. The van der Waals surface area contributed by atoms with Crippen LogP contribution in [0.2, 0.25) is 0 Å². The summed E-state index contributed by atoms with van der Waals surface area (Å²) in [6.45, 7) is 5.41. The van der Waals surface area contributed by atoms with Crippen molar-refractivity contribution in [2.75, 3.05) is 13.7 Å². The largest absolute Gasteiger partial charge is 0.383 e. The number of benzene rings is 1. The van der Waals surface area contributed by atoms with Gasteiger partial charge in [0.2, 0.25) is 0 Å². The van der Waals surface area contributed by atoms with Crippen LogP contribution in [0.25, 0.3) is 16.3 Å². The summed E-state index contributed by atoms with van der Waals surface area (Å²) in [7, 11) is 1.68. The number of nitrogens with zero attached hydrogens (tertiary/aromatic N) is 2. The number of ether oxygens (including phenoxy) is 1. The van der Waals surface area contributed by atoms with Gasteiger partial charge in [0.15, 0.2) is 4.80 Å². The van der Waals surface area contributed by atoms with E-state index in [2.05, 4.69) is 35.5 Å². The van der Waals surface area contributed by atoms with Gasteiger partial charge in [0, 0.05) is 24.6 Å². The standard InChI is InChI=1S/C19H20N2O2S2/c1-13-11-14(2)18-16(12-13)25-19(21(18)8-9-23-3)20-17(22)7-6-15-5-4-10-24-15/h4-7,10-12H,8-9H2,1-3H3/b7-6+,20-19?. The van der Waals surface area contributed by atoms with Crippen molar-refractivity contribution < 1.29 is 9.53 Å². The molecule has 0 N–H and O–H groups in total. The first-order valence-corrected chi connectivity index (χ1v) is 9.68. The van der Waals surface area contributed by atoms with E-state index in [0.29, 0.717) is 18.0 Å². The molecule has 0 aliphatic carbocycles. The van der Waals surface area contributed by atoms with E-state index >= 15 is 0 Å². The van der Waals surface area contributed by atoms with Crippen molar-refractivity contribution in [3.63, 3.8) is 0 Å². The Bertz CT molecular complexity index is 979. The van der Waals surface area contributed by atoms with E-state index in [1.807, 2.05) is 17.5 Å². The number of rotatable bonds is 5. The lowest BCUT2D eigenvalue weighted by Gasteiger charge is -2.07. The van der Waals surface area contributed by atoms with Crippen LogP contribution in [0, 0.1) is 13.8 Å². The van der Waals surface area contributed by atoms with Gasteiger partial charge in [0.1, 0.15) is 0 Å². The van der Waals surface area contributed by atoms with Gasteiger partial charge in [0.25, 0.3) is 5.91 Å². The molecular weight excluding hydrogens is 352 g/mol. The zero-order valence-corrected chi connectivity index (χ0v) is 16.1. The lowest BCUT2D eigenvalue weighted by atomic mass is 10.1. The second-order valence-electron chi connectivity index (χ2n) is 5.76. The van der Waals surface area contributed by atoms with Crippen molar-refractivity contribution >= 4 is 44.9 Å². The van der Waals surface area contributed by atoms with E-state index in [1.54, 1.807) is 35.9 Å². The van der Waals surface area contributed by atoms with Gasteiger partial charge in [0.05, 0.1) is 16.8 Å². The van der Waals surface area contributed by atoms with Crippen LogP contribution >= 0.6 is 22.7 Å². The topological polar surface area (TPSA) is 43.6 Å². The summed E-state index contributed by atoms with van der Waals surface area (Å²) < 4.78 is 8.45. The van der Waals surface area contributed by atoms with E-state index in [9.17, 15) is 4.79 Å². The molecule has 0 radical (unpaired) electrons. The number of hydrogen-bond acceptors (Lipinski definition) is 4. The van der Waals surface area contributed by atoms with Gasteiger partial charge in [-0.25, -0.2) is 0 Å². The predicted molar refractivity (Wildman–Crippen MR) is 105 cm³/mol. The number of aryl methyl sites for hydroxylation is 2. The summed E-state index contributed by atoms with van der Waals surface area (Å²) in [6, 6.07) is 8.22. The monoisotopic (exact) mass is 372 g/mol. The van der Waals surface area contributed by atoms with Crippen LogP contribution in [0.15, 0.2) is 40.7 Å². The van der Waals surface area contributed by atoms with Crippen molar-refractivity contribution in [3.8, 4) is 0 Å². The highest BCUT2D eigenvalue weighted by Gasteiger charge is 2.10. The number of carbonyl (C=O) groups is 1. The molecule has 130 valence electrons. The minimum absolute atomic E-state index is 0.250. The minimum atomic E-state index is -0.250. The highest BCUT2D eigenvalue weighted by atomic mass is 32.1. The number of amides is 1. The molecule has 2 aromatic heterocycles. The Hall–Kier alpha value is -2.02. The fraction of sp³-hybridized carbons (Fsp3) is 0.263. The molecule has 25 heavy (non-hydrogen) atoms. The molecule has 1 amide bonds. The summed E-state index contributed by atoms with van der Waals surface area (Å²) in [4.78, 5) is 18.3. The van der Waals surface area contributed by atoms with Crippen molar-refractivity contribution in [2.24, 2.45) is 4.99 Å². The number of fused-ring (bicyclic) bond motifs is 1. The number of carbonyl (C=O) groups excluding carboxylic acids is 1. The van der Waals surface area contributed by atoms with Crippen LogP contribution in [0.3, 0.4) is 0 Å². The first kappa shape index (κ1) is 17.8. The van der Waals surface area contributed by atoms with Crippen molar-refractivity contribution in [3.05, 3.63) is 56.5 Å². The molecule has 6 heteroatoms. The van der Waals surface area contributed by atoms with E-state index in [-0.39, 0.29) is 5.91 Å².